The summed E-state index contributed by atoms with van der Waals surface area (Å²) >= 11 is 1.55. The zero-order valence-corrected chi connectivity index (χ0v) is 10.9. The maximum Gasteiger partial charge on any atom is 0.242 e. The number of hydrogen-bond donors (Lipinski definition) is 2. The van der Waals surface area contributed by atoms with Gasteiger partial charge in [-0.25, -0.2) is 13.1 Å². The summed E-state index contributed by atoms with van der Waals surface area (Å²) in [4.78, 5) is 0.0117. The van der Waals surface area contributed by atoms with Crippen LogP contribution in [-0.2, 0) is 10.0 Å². The van der Waals surface area contributed by atoms with Crippen LogP contribution < -0.4 is 10.5 Å². The zero-order chi connectivity index (χ0) is 12.9. The first-order chi connectivity index (χ1) is 8.01. The van der Waals surface area contributed by atoms with Crippen molar-refractivity contribution in [2.75, 3.05) is 24.3 Å². The molecule has 0 heterocycles. The molecule has 17 heavy (non-hydrogen) atoms. The van der Waals surface area contributed by atoms with Crippen LogP contribution in [0.1, 0.15) is 5.56 Å². The summed E-state index contributed by atoms with van der Waals surface area (Å²) in [5.41, 5.74) is 6.03. The third kappa shape index (κ3) is 3.63. The van der Waals surface area contributed by atoms with Gasteiger partial charge in [0, 0.05) is 12.3 Å². The number of nitrogen functional groups attached to an aromatic ring is 1. The van der Waals surface area contributed by atoms with Crippen LogP contribution >= 0.6 is 11.8 Å². The maximum atomic E-state index is 11.8. The molecule has 0 fully saturated rings. The minimum Gasteiger partial charge on any atom is -0.398 e. The molecule has 1 aromatic rings. The van der Waals surface area contributed by atoms with E-state index in [0.29, 0.717) is 17.9 Å². The molecule has 0 atom stereocenters. The van der Waals surface area contributed by atoms with Crippen molar-refractivity contribution in [1.82, 2.24) is 4.72 Å². The molecule has 0 radical (unpaired) electrons. The molecule has 0 aliphatic heterocycles. The first-order valence-electron chi connectivity index (χ1n) is 4.79. The maximum absolute atomic E-state index is 11.8. The fourth-order valence-corrected chi connectivity index (χ4v) is 2.80. The van der Waals surface area contributed by atoms with Crippen LogP contribution in [0.2, 0.25) is 0 Å². The van der Waals surface area contributed by atoms with Crippen molar-refractivity contribution in [3.8, 4) is 6.07 Å². The highest BCUT2D eigenvalue weighted by Crippen LogP contribution is 2.19. The highest BCUT2D eigenvalue weighted by atomic mass is 32.2. The van der Waals surface area contributed by atoms with Crippen molar-refractivity contribution < 1.29 is 8.42 Å². The molecule has 0 aliphatic carbocycles. The van der Waals surface area contributed by atoms with Gasteiger partial charge in [-0.15, -0.1) is 0 Å². The lowest BCUT2D eigenvalue weighted by Gasteiger charge is -2.08. The van der Waals surface area contributed by atoms with Crippen LogP contribution in [0.15, 0.2) is 23.1 Å². The Morgan fingerprint density at radius 2 is 2.24 bits per heavy atom. The van der Waals surface area contributed by atoms with E-state index >= 15 is 0 Å². The van der Waals surface area contributed by atoms with Crippen LogP contribution in [-0.4, -0.2) is 27.0 Å². The van der Waals surface area contributed by atoms with Crippen LogP contribution in [0, 0.1) is 11.3 Å². The fraction of sp³-hybridized carbons (Fsp3) is 0.300. The molecule has 0 bridgehead atoms. The van der Waals surface area contributed by atoms with Gasteiger partial charge in [0.2, 0.25) is 10.0 Å². The van der Waals surface area contributed by atoms with Gasteiger partial charge in [0.05, 0.1) is 17.3 Å². The van der Waals surface area contributed by atoms with Gasteiger partial charge in [0.25, 0.3) is 0 Å². The van der Waals surface area contributed by atoms with Crippen molar-refractivity contribution >= 4 is 27.5 Å². The predicted molar refractivity (Wildman–Crippen MR) is 69.1 cm³/mol. The molecule has 5 nitrogen and oxygen atoms in total. The summed E-state index contributed by atoms with van der Waals surface area (Å²) in [6.45, 7) is 0.350. The summed E-state index contributed by atoms with van der Waals surface area (Å²) in [6, 6.07) is 6.02. The SMILES string of the molecule is CSCCNS(=O)(=O)c1ccc(C#N)cc1N. The van der Waals surface area contributed by atoms with Crippen LogP contribution in [0.3, 0.4) is 0 Å². The van der Waals surface area contributed by atoms with Crippen molar-refractivity contribution in [2.24, 2.45) is 0 Å². The molecule has 0 spiro atoms. The summed E-state index contributed by atoms with van der Waals surface area (Å²) in [7, 11) is -3.59. The van der Waals surface area contributed by atoms with Crippen LogP contribution in [0.4, 0.5) is 5.69 Å². The Balaban J connectivity index is 2.96. The van der Waals surface area contributed by atoms with E-state index in [9.17, 15) is 8.42 Å². The number of rotatable bonds is 5. The molecule has 0 aromatic heterocycles. The van der Waals surface area contributed by atoms with Crippen molar-refractivity contribution in [2.45, 2.75) is 4.90 Å². The molecule has 3 N–H and O–H groups in total. The molecule has 0 aliphatic rings. The summed E-state index contributed by atoms with van der Waals surface area (Å²) in [6.07, 6.45) is 1.89. The van der Waals surface area contributed by atoms with Gasteiger partial charge in [0.15, 0.2) is 0 Å². The largest absolute Gasteiger partial charge is 0.398 e. The molecular formula is C10H13N3O2S2. The van der Waals surface area contributed by atoms with E-state index < -0.39 is 10.0 Å². The second kappa shape index (κ2) is 5.91. The van der Waals surface area contributed by atoms with E-state index in [-0.39, 0.29) is 10.6 Å². The van der Waals surface area contributed by atoms with Crippen molar-refractivity contribution in [1.29, 1.82) is 5.26 Å². The zero-order valence-electron chi connectivity index (χ0n) is 9.30. The molecular weight excluding hydrogens is 258 g/mol. The number of nitrogens with zero attached hydrogens (tertiary/aromatic N) is 1. The Hall–Kier alpha value is -1.23. The summed E-state index contributed by atoms with van der Waals surface area (Å²) in [5.74, 6) is 0.690. The molecule has 1 rings (SSSR count). The lowest BCUT2D eigenvalue weighted by atomic mass is 10.2. The van der Waals surface area contributed by atoms with Gasteiger partial charge in [0.1, 0.15) is 4.90 Å². The molecule has 92 valence electrons. The monoisotopic (exact) mass is 271 g/mol. The second-order valence-corrected chi connectivity index (χ2v) is 5.98. The first-order valence-corrected chi connectivity index (χ1v) is 7.67. The van der Waals surface area contributed by atoms with Gasteiger partial charge in [-0.1, -0.05) is 0 Å². The topological polar surface area (TPSA) is 96.0 Å². The lowest BCUT2D eigenvalue weighted by molar-refractivity contribution is 0.584. The predicted octanol–water partition coefficient (Wildman–Crippen LogP) is 0.782. The molecule has 7 heteroatoms. The first kappa shape index (κ1) is 13.8. The van der Waals surface area contributed by atoms with Crippen LogP contribution in [0.5, 0.6) is 0 Å². The van der Waals surface area contributed by atoms with Gasteiger partial charge in [-0.2, -0.15) is 17.0 Å². The highest BCUT2D eigenvalue weighted by molar-refractivity contribution is 7.98. The van der Waals surface area contributed by atoms with Gasteiger partial charge >= 0.3 is 0 Å². The number of benzene rings is 1. The molecule has 0 saturated carbocycles. The van der Waals surface area contributed by atoms with E-state index in [1.54, 1.807) is 11.8 Å². The van der Waals surface area contributed by atoms with Crippen LogP contribution in [0.25, 0.3) is 0 Å². The third-order valence-electron chi connectivity index (χ3n) is 2.03. The molecule has 1 aromatic carbocycles. The number of nitrogens with one attached hydrogen (secondary N) is 1. The van der Waals surface area contributed by atoms with Crippen molar-refractivity contribution in [3.63, 3.8) is 0 Å². The van der Waals surface area contributed by atoms with E-state index in [4.69, 9.17) is 11.0 Å². The van der Waals surface area contributed by atoms with E-state index in [0.717, 1.165) is 0 Å². The van der Waals surface area contributed by atoms with Gasteiger partial charge < -0.3 is 5.73 Å². The average molecular weight is 271 g/mol. The molecule has 0 unspecified atom stereocenters. The van der Waals surface area contributed by atoms with E-state index in [1.165, 1.54) is 18.2 Å². The van der Waals surface area contributed by atoms with E-state index in [1.807, 2.05) is 12.3 Å². The number of nitriles is 1. The number of hydrogen-bond acceptors (Lipinski definition) is 5. The molecule has 0 saturated heterocycles. The highest BCUT2D eigenvalue weighted by Gasteiger charge is 2.16. The number of nitrogens with two attached hydrogens (primary N) is 1. The standard InChI is InChI=1S/C10H13N3O2S2/c1-16-5-4-13-17(14,15)10-3-2-8(7-11)6-9(10)12/h2-3,6,13H,4-5,12H2,1H3. The smallest absolute Gasteiger partial charge is 0.242 e. The molecule has 0 amide bonds. The Morgan fingerprint density at radius 3 is 2.76 bits per heavy atom. The van der Waals surface area contributed by atoms with Gasteiger partial charge in [-0.3, -0.25) is 0 Å². The number of sulfonamides is 1. The number of anilines is 1. The summed E-state index contributed by atoms with van der Waals surface area (Å²) < 4.78 is 26.1. The van der Waals surface area contributed by atoms with E-state index in [2.05, 4.69) is 4.72 Å². The Labute approximate surface area is 105 Å². The average Bonchev–Trinajstić information content (AvgIpc) is 2.28. The van der Waals surface area contributed by atoms with Gasteiger partial charge in [-0.05, 0) is 24.5 Å². The number of thioether (sulfide) groups is 1. The normalized spacial score (nSPS) is 11.1. The minimum atomic E-state index is -3.59. The Bertz CT molecular complexity index is 535. The lowest BCUT2D eigenvalue weighted by Crippen LogP contribution is -2.26. The quantitative estimate of drug-likeness (QED) is 0.609. The fourth-order valence-electron chi connectivity index (χ4n) is 1.22. The van der Waals surface area contributed by atoms with Crippen molar-refractivity contribution in [3.05, 3.63) is 23.8 Å². The second-order valence-electron chi connectivity index (χ2n) is 3.25. The minimum absolute atomic E-state index is 0.0117. The summed E-state index contributed by atoms with van der Waals surface area (Å²) in [5, 5.41) is 8.66. The Morgan fingerprint density at radius 1 is 1.53 bits per heavy atom. The Kier molecular flexibility index (Phi) is 4.81. The third-order valence-corrected chi connectivity index (χ3v) is 4.17.